The molecule has 0 saturated carbocycles. The van der Waals surface area contributed by atoms with Gasteiger partial charge in [0.15, 0.2) is 0 Å². The van der Waals surface area contributed by atoms with Crippen LogP contribution in [0.15, 0.2) is 0 Å². The van der Waals surface area contributed by atoms with E-state index in [2.05, 4.69) is 19.2 Å². The van der Waals surface area contributed by atoms with E-state index in [0.29, 0.717) is 13.0 Å². The maximum Gasteiger partial charge on any atom is 0.407 e. The van der Waals surface area contributed by atoms with Crippen LogP contribution < -0.4 is 5.32 Å². The van der Waals surface area contributed by atoms with Gasteiger partial charge in [0.05, 0.1) is 12.5 Å². The lowest BCUT2D eigenvalue weighted by Gasteiger charge is -2.17. The van der Waals surface area contributed by atoms with Crippen LogP contribution in [-0.2, 0) is 14.3 Å². The first kappa shape index (κ1) is 23.0. The molecule has 5 nitrogen and oxygen atoms in total. The van der Waals surface area contributed by atoms with E-state index in [0.717, 1.165) is 44.9 Å². The number of amides is 1. The van der Waals surface area contributed by atoms with Gasteiger partial charge in [-0.25, -0.2) is 9.59 Å². The van der Waals surface area contributed by atoms with E-state index in [-0.39, 0.29) is 18.5 Å². The number of alkyl halides is 1. The Morgan fingerprint density at radius 3 is 2.12 bits per heavy atom. The number of carbonyl (C=O) groups excluding carboxylic acids is 2. The predicted octanol–water partition coefficient (Wildman–Crippen LogP) is 4.80. The van der Waals surface area contributed by atoms with Crippen LogP contribution in [0.2, 0.25) is 0 Å². The molecule has 0 heterocycles. The number of carbonyl (C=O) groups is 2. The minimum atomic E-state index is -0.639. The molecule has 0 fully saturated rings. The number of hydrogen-bond acceptors (Lipinski definition) is 4. The maximum atomic E-state index is 12.2. The average molecular weight is 364 g/mol. The number of alkyl carbamates (subject to hydrolysis) is 1. The molecule has 1 atom stereocenters. The zero-order valence-electron chi connectivity index (χ0n) is 15.3. The minimum absolute atomic E-state index is 0.127. The van der Waals surface area contributed by atoms with Gasteiger partial charge in [0.1, 0.15) is 12.6 Å². The number of nitrogens with one attached hydrogen (secondary N) is 1. The summed E-state index contributed by atoms with van der Waals surface area (Å²) in [5, 5.41) is 2.60. The van der Waals surface area contributed by atoms with Crippen molar-refractivity contribution in [1.82, 2.24) is 5.32 Å². The van der Waals surface area contributed by atoms with Crippen LogP contribution in [-0.4, -0.2) is 37.2 Å². The number of unbranched alkanes of at least 4 members (excludes halogenated alkanes) is 7. The monoisotopic (exact) mass is 363 g/mol. The van der Waals surface area contributed by atoms with Gasteiger partial charge in [-0.15, -0.1) is 11.6 Å². The molecule has 0 spiro atoms. The molecule has 0 aromatic rings. The maximum absolute atomic E-state index is 12.2. The summed E-state index contributed by atoms with van der Waals surface area (Å²) >= 11 is 5.49. The molecule has 0 aromatic carbocycles. The SMILES string of the molecule is CCCCCCCOC(=O)C(CCCCCC)NC(=O)OCCCl. The van der Waals surface area contributed by atoms with Gasteiger partial charge in [-0.05, 0) is 12.8 Å². The van der Waals surface area contributed by atoms with Crippen molar-refractivity contribution < 1.29 is 19.1 Å². The molecule has 24 heavy (non-hydrogen) atoms. The van der Waals surface area contributed by atoms with Gasteiger partial charge in [-0.1, -0.05) is 65.2 Å². The van der Waals surface area contributed by atoms with Crippen molar-refractivity contribution in [2.24, 2.45) is 0 Å². The highest BCUT2D eigenvalue weighted by Crippen LogP contribution is 2.08. The molecule has 0 saturated heterocycles. The van der Waals surface area contributed by atoms with Crippen molar-refractivity contribution in [3.63, 3.8) is 0 Å². The Kier molecular flexibility index (Phi) is 16.2. The quantitative estimate of drug-likeness (QED) is 0.258. The van der Waals surface area contributed by atoms with Crippen molar-refractivity contribution in [2.75, 3.05) is 19.1 Å². The fourth-order valence-electron chi connectivity index (χ4n) is 2.32. The Balaban J connectivity index is 4.17. The molecule has 1 unspecified atom stereocenters. The topological polar surface area (TPSA) is 64.6 Å². The molecule has 1 N–H and O–H groups in total. The van der Waals surface area contributed by atoms with E-state index in [1.165, 1.54) is 12.8 Å². The summed E-state index contributed by atoms with van der Waals surface area (Å²) in [7, 11) is 0. The molecule has 0 aromatic heterocycles. The van der Waals surface area contributed by atoms with Crippen LogP contribution in [0.3, 0.4) is 0 Å². The predicted molar refractivity (Wildman–Crippen MR) is 97.5 cm³/mol. The van der Waals surface area contributed by atoms with Crippen LogP contribution in [0.25, 0.3) is 0 Å². The molecular formula is C18H34ClNO4. The zero-order valence-corrected chi connectivity index (χ0v) is 16.0. The molecule has 0 bridgehead atoms. The van der Waals surface area contributed by atoms with Gasteiger partial charge in [0, 0.05) is 0 Å². The van der Waals surface area contributed by atoms with Crippen molar-refractivity contribution in [3.05, 3.63) is 0 Å². The lowest BCUT2D eigenvalue weighted by atomic mass is 10.1. The van der Waals surface area contributed by atoms with Crippen LogP contribution in [0, 0.1) is 0 Å². The smallest absolute Gasteiger partial charge is 0.407 e. The largest absolute Gasteiger partial charge is 0.464 e. The first-order valence-electron chi connectivity index (χ1n) is 9.31. The van der Waals surface area contributed by atoms with Crippen LogP contribution in [0.4, 0.5) is 4.79 Å². The van der Waals surface area contributed by atoms with Gasteiger partial charge in [0.2, 0.25) is 0 Å². The summed E-state index contributed by atoms with van der Waals surface area (Å²) in [6.45, 7) is 4.83. The Morgan fingerprint density at radius 2 is 1.50 bits per heavy atom. The van der Waals surface area contributed by atoms with Crippen molar-refractivity contribution in [3.8, 4) is 0 Å². The standard InChI is InChI=1S/C18H34ClNO4/c1-3-5-7-9-11-14-23-17(21)16(12-10-8-6-4-2)20-18(22)24-15-13-19/h16H,3-15H2,1-2H3,(H,20,22). The lowest BCUT2D eigenvalue weighted by molar-refractivity contribution is -0.146. The molecule has 1 amide bonds. The highest BCUT2D eigenvalue weighted by Gasteiger charge is 2.22. The summed E-state index contributed by atoms with van der Waals surface area (Å²) in [6.07, 6.45) is 9.61. The first-order chi connectivity index (χ1) is 11.7. The number of halogens is 1. The van der Waals surface area contributed by atoms with Gasteiger partial charge < -0.3 is 14.8 Å². The molecule has 0 rings (SSSR count). The molecule has 6 heteroatoms. The van der Waals surface area contributed by atoms with E-state index < -0.39 is 12.1 Å². The molecule has 0 aliphatic rings. The third-order valence-electron chi connectivity index (χ3n) is 3.73. The minimum Gasteiger partial charge on any atom is -0.464 e. The first-order valence-corrected chi connectivity index (χ1v) is 9.85. The zero-order chi connectivity index (χ0) is 18.0. The van der Waals surface area contributed by atoms with Gasteiger partial charge >= 0.3 is 12.1 Å². The number of rotatable bonds is 15. The summed E-state index contributed by atoms with van der Waals surface area (Å²) in [4.78, 5) is 23.8. The number of hydrogen-bond donors (Lipinski definition) is 1. The Labute approximate surface area is 151 Å². The molecule has 0 aliphatic heterocycles. The van der Waals surface area contributed by atoms with E-state index in [1.54, 1.807) is 0 Å². The highest BCUT2D eigenvalue weighted by molar-refractivity contribution is 6.18. The molecule has 0 aliphatic carbocycles. The van der Waals surface area contributed by atoms with Crippen molar-refractivity contribution >= 4 is 23.7 Å². The normalized spacial score (nSPS) is 11.8. The third-order valence-corrected chi connectivity index (χ3v) is 3.88. The van der Waals surface area contributed by atoms with Crippen LogP contribution in [0.1, 0.15) is 78.1 Å². The van der Waals surface area contributed by atoms with Crippen LogP contribution >= 0.6 is 11.6 Å². The van der Waals surface area contributed by atoms with Gasteiger partial charge in [-0.2, -0.15) is 0 Å². The van der Waals surface area contributed by atoms with Gasteiger partial charge in [0.25, 0.3) is 0 Å². The second-order valence-electron chi connectivity index (χ2n) is 5.95. The summed E-state index contributed by atoms with van der Waals surface area (Å²) in [5.41, 5.74) is 0. The Hall–Kier alpha value is -0.970. The van der Waals surface area contributed by atoms with Gasteiger partial charge in [-0.3, -0.25) is 0 Å². The fourth-order valence-corrected chi connectivity index (χ4v) is 2.40. The van der Waals surface area contributed by atoms with Crippen molar-refractivity contribution in [2.45, 2.75) is 84.1 Å². The number of ether oxygens (including phenoxy) is 2. The highest BCUT2D eigenvalue weighted by atomic mass is 35.5. The Morgan fingerprint density at radius 1 is 0.875 bits per heavy atom. The van der Waals surface area contributed by atoms with E-state index in [4.69, 9.17) is 21.1 Å². The van der Waals surface area contributed by atoms with E-state index in [1.807, 2.05) is 0 Å². The van der Waals surface area contributed by atoms with Crippen LogP contribution in [0.5, 0.6) is 0 Å². The van der Waals surface area contributed by atoms with Crippen molar-refractivity contribution in [1.29, 1.82) is 0 Å². The molecule has 142 valence electrons. The lowest BCUT2D eigenvalue weighted by Crippen LogP contribution is -2.42. The fraction of sp³-hybridized carbons (Fsp3) is 0.889. The third kappa shape index (κ3) is 13.5. The molecule has 0 radical (unpaired) electrons. The Bertz CT molecular complexity index is 326. The van der Waals surface area contributed by atoms with E-state index in [9.17, 15) is 9.59 Å². The second-order valence-corrected chi connectivity index (χ2v) is 6.33. The second kappa shape index (κ2) is 16.9. The van der Waals surface area contributed by atoms with E-state index >= 15 is 0 Å². The summed E-state index contributed by atoms with van der Waals surface area (Å²) < 4.78 is 10.2. The summed E-state index contributed by atoms with van der Waals surface area (Å²) in [6, 6.07) is -0.639. The number of esters is 1. The summed E-state index contributed by atoms with van der Waals surface area (Å²) in [5.74, 6) is -0.138. The molecular weight excluding hydrogens is 330 g/mol. The average Bonchev–Trinajstić information content (AvgIpc) is 2.58.